The van der Waals surface area contributed by atoms with Crippen molar-refractivity contribution in [3.05, 3.63) is 52.6 Å². The van der Waals surface area contributed by atoms with Crippen molar-refractivity contribution in [1.82, 2.24) is 0 Å². The minimum atomic E-state index is -0.575. The molecule has 1 unspecified atom stereocenters. The number of ketones is 1. The highest BCUT2D eigenvalue weighted by atomic mass is 16.5. The van der Waals surface area contributed by atoms with E-state index in [1.807, 2.05) is 6.92 Å². The summed E-state index contributed by atoms with van der Waals surface area (Å²) in [6, 6.07) is 1.51. The first-order valence-electron chi connectivity index (χ1n) is 9.92. The molecule has 1 aromatic carbocycles. The number of phenols is 1. The third-order valence-corrected chi connectivity index (χ3v) is 5.63. The van der Waals surface area contributed by atoms with Crippen LogP contribution in [0.4, 0.5) is 0 Å². The predicted molar refractivity (Wildman–Crippen MR) is 111 cm³/mol. The SMILES string of the molecule is C=C1Cc2c(O)cc3c(c2OC1(C)CC/C=C(\C)CCC=C(C)C)C(=O)CO3. The van der Waals surface area contributed by atoms with Gasteiger partial charge in [0, 0.05) is 18.1 Å². The summed E-state index contributed by atoms with van der Waals surface area (Å²) in [6.07, 6.45) is 8.78. The number of ether oxygens (including phenoxy) is 2. The lowest BCUT2D eigenvalue weighted by Gasteiger charge is -2.38. The Labute approximate surface area is 167 Å². The van der Waals surface area contributed by atoms with E-state index in [4.69, 9.17) is 9.47 Å². The zero-order valence-corrected chi connectivity index (χ0v) is 17.4. The molecule has 28 heavy (non-hydrogen) atoms. The number of rotatable bonds is 6. The molecule has 150 valence electrons. The summed E-state index contributed by atoms with van der Waals surface area (Å²) >= 11 is 0. The number of hydrogen-bond acceptors (Lipinski definition) is 4. The Balaban J connectivity index is 1.75. The van der Waals surface area contributed by atoms with Crippen LogP contribution in [0.1, 0.15) is 69.3 Å². The fourth-order valence-electron chi connectivity index (χ4n) is 3.75. The van der Waals surface area contributed by atoms with E-state index in [1.54, 1.807) is 0 Å². The molecule has 1 aromatic rings. The van der Waals surface area contributed by atoms with Gasteiger partial charge in [0.1, 0.15) is 28.4 Å². The maximum atomic E-state index is 12.3. The molecule has 0 saturated carbocycles. The van der Waals surface area contributed by atoms with Crippen LogP contribution < -0.4 is 9.47 Å². The molecule has 0 saturated heterocycles. The Hall–Kier alpha value is -2.49. The van der Waals surface area contributed by atoms with Crippen molar-refractivity contribution in [3.63, 3.8) is 0 Å². The van der Waals surface area contributed by atoms with Crippen LogP contribution in [-0.2, 0) is 6.42 Å². The first-order valence-corrected chi connectivity index (χ1v) is 9.92. The Kier molecular flexibility index (Phi) is 5.69. The van der Waals surface area contributed by atoms with Gasteiger partial charge in [-0.2, -0.15) is 0 Å². The standard InChI is InChI=1S/C24H30O4/c1-15(2)8-6-9-16(3)10-7-11-24(5)17(4)12-18-19(25)13-21-22(23(18)28-24)20(26)14-27-21/h8,10,13,25H,4,6-7,9,11-12,14H2,1-3,5H3/b16-10+. The van der Waals surface area contributed by atoms with Gasteiger partial charge in [-0.15, -0.1) is 0 Å². The number of hydrogen-bond donors (Lipinski definition) is 1. The molecule has 0 spiro atoms. The molecule has 3 rings (SSSR count). The van der Waals surface area contributed by atoms with Crippen molar-refractivity contribution < 1.29 is 19.4 Å². The second-order valence-corrected chi connectivity index (χ2v) is 8.31. The van der Waals surface area contributed by atoms with Gasteiger partial charge >= 0.3 is 0 Å². The highest BCUT2D eigenvalue weighted by Gasteiger charge is 2.40. The molecule has 4 nitrogen and oxygen atoms in total. The summed E-state index contributed by atoms with van der Waals surface area (Å²) in [6.45, 7) is 12.6. The lowest BCUT2D eigenvalue weighted by molar-refractivity contribution is 0.0919. The molecule has 0 amide bonds. The zero-order chi connectivity index (χ0) is 20.5. The topological polar surface area (TPSA) is 55.8 Å². The number of Topliss-reactive ketones (excluding diaryl/α,β-unsaturated/α-hetero) is 1. The van der Waals surface area contributed by atoms with Gasteiger partial charge in [0.15, 0.2) is 6.61 Å². The first-order chi connectivity index (χ1) is 13.2. The van der Waals surface area contributed by atoms with E-state index < -0.39 is 5.60 Å². The number of phenolic OH excluding ortho intramolecular Hbond substituents is 1. The first kappa shape index (κ1) is 20.2. The molecule has 2 heterocycles. The van der Waals surface area contributed by atoms with Crippen molar-refractivity contribution in [3.8, 4) is 17.2 Å². The molecular formula is C24H30O4. The van der Waals surface area contributed by atoms with Crippen LogP contribution in [0.3, 0.4) is 0 Å². The normalized spacial score (nSPS) is 20.9. The fraction of sp³-hybridized carbons (Fsp3) is 0.458. The molecule has 0 radical (unpaired) electrons. The van der Waals surface area contributed by atoms with Gasteiger partial charge in [-0.1, -0.05) is 29.9 Å². The van der Waals surface area contributed by atoms with Gasteiger partial charge in [-0.3, -0.25) is 4.79 Å². The third kappa shape index (κ3) is 4.01. The van der Waals surface area contributed by atoms with Crippen molar-refractivity contribution in [1.29, 1.82) is 0 Å². The minimum Gasteiger partial charge on any atom is -0.507 e. The molecule has 2 aliphatic heterocycles. The van der Waals surface area contributed by atoms with E-state index in [-0.39, 0.29) is 18.1 Å². The maximum Gasteiger partial charge on any atom is 0.207 e. The van der Waals surface area contributed by atoms with Crippen LogP contribution in [0.2, 0.25) is 0 Å². The van der Waals surface area contributed by atoms with E-state index in [0.717, 1.165) is 31.3 Å². The van der Waals surface area contributed by atoms with Gasteiger partial charge in [0.05, 0.1) is 0 Å². The summed E-state index contributed by atoms with van der Waals surface area (Å²) in [5.74, 6) is 0.876. The summed E-state index contributed by atoms with van der Waals surface area (Å²) in [5, 5.41) is 10.3. The van der Waals surface area contributed by atoms with Crippen LogP contribution in [-0.4, -0.2) is 23.1 Å². The monoisotopic (exact) mass is 382 g/mol. The third-order valence-electron chi connectivity index (χ3n) is 5.63. The second kappa shape index (κ2) is 7.86. The number of carbonyl (C=O) groups is 1. The van der Waals surface area contributed by atoms with E-state index in [2.05, 4.69) is 39.5 Å². The number of fused-ring (bicyclic) bond motifs is 3. The van der Waals surface area contributed by atoms with Crippen LogP contribution in [0, 0.1) is 0 Å². The van der Waals surface area contributed by atoms with Crippen LogP contribution in [0.15, 0.2) is 41.5 Å². The van der Waals surface area contributed by atoms with E-state index >= 15 is 0 Å². The van der Waals surface area contributed by atoms with Gasteiger partial charge < -0.3 is 14.6 Å². The van der Waals surface area contributed by atoms with E-state index in [9.17, 15) is 9.90 Å². The summed E-state index contributed by atoms with van der Waals surface area (Å²) in [7, 11) is 0. The quantitative estimate of drug-likeness (QED) is 0.642. The summed E-state index contributed by atoms with van der Waals surface area (Å²) in [4.78, 5) is 12.3. The predicted octanol–water partition coefficient (Wildman–Crippen LogP) is 5.69. The molecule has 4 heteroatoms. The smallest absolute Gasteiger partial charge is 0.207 e. The molecule has 0 bridgehead atoms. The molecule has 0 aromatic heterocycles. The minimum absolute atomic E-state index is 0.000138. The zero-order valence-electron chi connectivity index (χ0n) is 17.4. The highest BCUT2D eigenvalue weighted by molar-refractivity contribution is 6.05. The Bertz CT molecular complexity index is 871. The Morgan fingerprint density at radius 2 is 2.04 bits per heavy atom. The van der Waals surface area contributed by atoms with Crippen molar-refractivity contribution in [2.75, 3.05) is 6.61 Å². The molecule has 0 aliphatic carbocycles. The van der Waals surface area contributed by atoms with Gasteiger partial charge in [-0.25, -0.2) is 0 Å². The van der Waals surface area contributed by atoms with Crippen molar-refractivity contribution >= 4 is 5.78 Å². The van der Waals surface area contributed by atoms with Crippen molar-refractivity contribution in [2.24, 2.45) is 0 Å². The number of aromatic hydroxyl groups is 1. The number of benzene rings is 1. The number of carbonyl (C=O) groups excluding carboxylic acids is 1. The molecule has 0 fully saturated rings. The van der Waals surface area contributed by atoms with Crippen LogP contribution >= 0.6 is 0 Å². The summed E-state index contributed by atoms with van der Waals surface area (Å²) < 4.78 is 11.7. The Morgan fingerprint density at radius 3 is 2.75 bits per heavy atom. The molecule has 1 N–H and O–H groups in total. The lowest BCUT2D eigenvalue weighted by atomic mass is 9.83. The summed E-state index contributed by atoms with van der Waals surface area (Å²) in [5.41, 5.74) is 4.14. The second-order valence-electron chi connectivity index (χ2n) is 8.31. The van der Waals surface area contributed by atoms with Crippen LogP contribution in [0.25, 0.3) is 0 Å². The van der Waals surface area contributed by atoms with E-state index in [0.29, 0.717) is 29.0 Å². The fourth-order valence-corrected chi connectivity index (χ4v) is 3.75. The average Bonchev–Trinajstić information content (AvgIpc) is 2.97. The highest BCUT2D eigenvalue weighted by Crippen LogP contribution is 2.48. The average molecular weight is 383 g/mol. The molecule has 2 aliphatic rings. The van der Waals surface area contributed by atoms with Gasteiger partial charge in [-0.05, 0) is 59.0 Å². The lowest BCUT2D eigenvalue weighted by Crippen LogP contribution is -2.39. The van der Waals surface area contributed by atoms with Crippen molar-refractivity contribution in [2.45, 2.75) is 65.4 Å². The van der Waals surface area contributed by atoms with Gasteiger partial charge in [0.2, 0.25) is 5.78 Å². The molecule has 1 atom stereocenters. The van der Waals surface area contributed by atoms with E-state index in [1.165, 1.54) is 17.2 Å². The largest absolute Gasteiger partial charge is 0.507 e. The Morgan fingerprint density at radius 1 is 1.29 bits per heavy atom. The van der Waals surface area contributed by atoms with Gasteiger partial charge in [0.25, 0.3) is 0 Å². The van der Waals surface area contributed by atoms with Crippen LogP contribution in [0.5, 0.6) is 17.2 Å². The number of allylic oxidation sites excluding steroid dienone is 4. The maximum absolute atomic E-state index is 12.3. The molecular weight excluding hydrogens is 352 g/mol.